The second kappa shape index (κ2) is 19.2. The first-order chi connectivity index (χ1) is 22.5. The molecule has 2 saturated heterocycles. The van der Waals surface area contributed by atoms with E-state index in [9.17, 15) is 9.59 Å². The van der Waals surface area contributed by atoms with Gasteiger partial charge in [-0.1, -0.05) is 96.4 Å². The lowest BCUT2D eigenvalue weighted by Crippen LogP contribution is -2.55. The van der Waals surface area contributed by atoms with Crippen molar-refractivity contribution in [3.63, 3.8) is 0 Å². The molecule has 0 radical (unpaired) electrons. The molecule has 2 atom stereocenters. The number of piperazine rings is 2. The van der Waals surface area contributed by atoms with Crippen LogP contribution in [0.1, 0.15) is 111 Å². The summed E-state index contributed by atoms with van der Waals surface area (Å²) in [6.45, 7) is 14.3. The van der Waals surface area contributed by atoms with Crippen molar-refractivity contribution in [2.75, 3.05) is 63.8 Å². The molecule has 2 aliphatic rings. The van der Waals surface area contributed by atoms with Crippen molar-refractivity contribution in [2.45, 2.75) is 96.9 Å². The average molecular weight is 632 g/mol. The second-order valence-corrected chi connectivity index (χ2v) is 13.7. The first kappa shape index (κ1) is 36.1. The molecule has 0 aliphatic carbocycles. The highest BCUT2D eigenvalue weighted by Gasteiger charge is 2.39. The van der Waals surface area contributed by atoms with Gasteiger partial charge < -0.3 is 25.8 Å². The Morgan fingerprint density at radius 3 is 2.07 bits per heavy atom. The first-order valence-corrected chi connectivity index (χ1v) is 18.4. The van der Waals surface area contributed by atoms with Crippen molar-refractivity contribution in [2.24, 2.45) is 5.92 Å². The summed E-state index contributed by atoms with van der Waals surface area (Å²) < 4.78 is 0. The number of rotatable bonds is 19. The molecule has 2 aromatic carbocycles. The molecule has 0 aromatic heterocycles. The van der Waals surface area contributed by atoms with Gasteiger partial charge in [0.1, 0.15) is 0 Å². The molecule has 3 N–H and O–H groups in total. The van der Waals surface area contributed by atoms with E-state index in [1.807, 2.05) is 29.2 Å². The van der Waals surface area contributed by atoms with E-state index < -0.39 is 5.54 Å². The minimum atomic E-state index is -0.734. The normalized spacial score (nSPS) is 17.5. The Morgan fingerprint density at radius 2 is 1.41 bits per heavy atom. The summed E-state index contributed by atoms with van der Waals surface area (Å²) >= 11 is 0. The number of para-hydroxylation sites is 1. The molecule has 254 valence electrons. The predicted molar refractivity (Wildman–Crippen MR) is 192 cm³/mol. The van der Waals surface area contributed by atoms with Crippen molar-refractivity contribution in [1.29, 1.82) is 0 Å². The quantitative estimate of drug-likeness (QED) is 0.122. The van der Waals surface area contributed by atoms with Gasteiger partial charge >= 0.3 is 0 Å². The standard InChI is InChI=1S/C39H61N5O2/c1-4-6-7-8-9-10-11-12-15-32(3)31-42-39(5-2,37(45)35-16-13-14-17-36(35)43-26-22-40-23-27-43)30-33-18-20-34(21-19-33)38(46)44-28-24-41-25-29-44/h13-14,16-21,32,40-42H,4-12,15,22-31H2,1-3H3. The largest absolute Gasteiger partial charge is 0.368 e. The number of carbonyl (C=O) groups is 2. The molecule has 2 fully saturated rings. The molecule has 0 spiro atoms. The van der Waals surface area contributed by atoms with Crippen LogP contribution in [0.4, 0.5) is 5.69 Å². The SMILES string of the molecule is CCCCCCCCCCC(C)CNC(CC)(Cc1ccc(C(=O)N2CCNCC2)cc1)C(=O)c1ccccc1N1CCNCC1. The molecule has 7 nitrogen and oxygen atoms in total. The minimum absolute atomic E-state index is 0.0868. The average Bonchev–Trinajstić information content (AvgIpc) is 3.11. The van der Waals surface area contributed by atoms with Crippen LogP contribution < -0.4 is 20.9 Å². The summed E-state index contributed by atoms with van der Waals surface area (Å²) in [5, 5.41) is 10.6. The topological polar surface area (TPSA) is 76.7 Å². The van der Waals surface area contributed by atoms with Crippen molar-refractivity contribution in [3.8, 4) is 0 Å². The van der Waals surface area contributed by atoms with E-state index in [2.05, 4.69) is 65.9 Å². The van der Waals surface area contributed by atoms with Gasteiger partial charge in [0.25, 0.3) is 5.91 Å². The molecule has 2 aliphatic heterocycles. The zero-order valence-corrected chi connectivity index (χ0v) is 29.0. The molecule has 46 heavy (non-hydrogen) atoms. The molecule has 0 saturated carbocycles. The molecular formula is C39H61N5O2. The Bertz CT molecular complexity index is 1190. The van der Waals surface area contributed by atoms with E-state index in [0.29, 0.717) is 18.8 Å². The molecule has 2 unspecified atom stereocenters. The molecule has 7 heteroatoms. The van der Waals surface area contributed by atoms with Crippen molar-refractivity contribution in [1.82, 2.24) is 20.9 Å². The fourth-order valence-corrected chi connectivity index (χ4v) is 7.00. The number of amides is 1. The number of carbonyl (C=O) groups excluding carboxylic acids is 2. The maximum absolute atomic E-state index is 14.8. The van der Waals surface area contributed by atoms with Crippen LogP contribution in [-0.4, -0.2) is 81.0 Å². The zero-order valence-electron chi connectivity index (χ0n) is 29.0. The number of unbranched alkanes of at least 4 members (excludes halogenated alkanes) is 7. The van der Waals surface area contributed by atoms with Crippen LogP contribution in [0.15, 0.2) is 48.5 Å². The van der Waals surface area contributed by atoms with E-state index in [-0.39, 0.29) is 11.7 Å². The molecule has 0 bridgehead atoms. The van der Waals surface area contributed by atoms with Crippen molar-refractivity contribution in [3.05, 3.63) is 65.2 Å². The maximum atomic E-state index is 14.8. The van der Waals surface area contributed by atoms with E-state index in [4.69, 9.17) is 0 Å². The van der Waals surface area contributed by atoms with E-state index in [1.54, 1.807) is 0 Å². The number of benzene rings is 2. The molecule has 2 aromatic rings. The van der Waals surface area contributed by atoms with Gasteiger partial charge in [-0.25, -0.2) is 0 Å². The van der Waals surface area contributed by atoms with Crippen molar-refractivity contribution >= 4 is 17.4 Å². The van der Waals surface area contributed by atoms with Crippen LogP contribution in [0.5, 0.6) is 0 Å². The van der Waals surface area contributed by atoms with Gasteiger partial charge in [-0.05, 0) is 61.6 Å². The van der Waals surface area contributed by atoms with Gasteiger partial charge in [0, 0.05) is 69.2 Å². The summed E-state index contributed by atoms with van der Waals surface area (Å²) in [5.41, 5.74) is 2.91. The van der Waals surface area contributed by atoms with Gasteiger partial charge in [0.2, 0.25) is 0 Å². The molecule has 1 amide bonds. The van der Waals surface area contributed by atoms with Gasteiger partial charge in [-0.15, -0.1) is 0 Å². The van der Waals surface area contributed by atoms with Gasteiger partial charge in [0.05, 0.1) is 5.54 Å². The number of hydrogen-bond donors (Lipinski definition) is 3. The van der Waals surface area contributed by atoms with Gasteiger partial charge in [0.15, 0.2) is 5.78 Å². The number of anilines is 1. The number of nitrogens with one attached hydrogen (secondary N) is 3. The Kier molecular flexibility index (Phi) is 15.0. The number of nitrogens with zero attached hydrogens (tertiary/aromatic N) is 2. The van der Waals surface area contributed by atoms with Crippen LogP contribution >= 0.6 is 0 Å². The fourth-order valence-electron chi connectivity index (χ4n) is 7.00. The molecule has 4 rings (SSSR count). The lowest BCUT2D eigenvalue weighted by Gasteiger charge is -2.37. The summed E-state index contributed by atoms with van der Waals surface area (Å²) in [7, 11) is 0. The lowest BCUT2D eigenvalue weighted by molar-refractivity contribution is 0.0735. The van der Waals surface area contributed by atoms with Crippen LogP contribution in [0.3, 0.4) is 0 Å². The predicted octanol–water partition coefficient (Wildman–Crippen LogP) is 6.47. The highest BCUT2D eigenvalue weighted by Crippen LogP contribution is 2.30. The monoisotopic (exact) mass is 631 g/mol. The van der Waals surface area contributed by atoms with Crippen LogP contribution in [-0.2, 0) is 6.42 Å². The third-order valence-corrected chi connectivity index (χ3v) is 10.1. The first-order valence-electron chi connectivity index (χ1n) is 18.4. The molecule has 2 heterocycles. The van der Waals surface area contributed by atoms with Crippen LogP contribution in [0.2, 0.25) is 0 Å². The van der Waals surface area contributed by atoms with Crippen LogP contribution in [0.25, 0.3) is 0 Å². The maximum Gasteiger partial charge on any atom is 0.253 e. The third-order valence-electron chi connectivity index (χ3n) is 10.1. The van der Waals surface area contributed by atoms with E-state index in [0.717, 1.165) is 81.3 Å². The van der Waals surface area contributed by atoms with E-state index in [1.165, 1.54) is 57.8 Å². The summed E-state index contributed by atoms with van der Waals surface area (Å²) in [5.74, 6) is 0.745. The highest BCUT2D eigenvalue weighted by atomic mass is 16.2. The smallest absolute Gasteiger partial charge is 0.253 e. The Morgan fingerprint density at radius 1 is 0.804 bits per heavy atom. The summed E-state index contributed by atoms with van der Waals surface area (Å²) in [6.07, 6.45) is 13.1. The Labute approximate surface area is 279 Å². The number of Topliss-reactive ketones (excluding diaryl/α,β-unsaturated/α-hetero) is 1. The zero-order chi connectivity index (χ0) is 32.6. The van der Waals surface area contributed by atoms with E-state index >= 15 is 0 Å². The lowest BCUT2D eigenvalue weighted by atomic mass is 9.80. The van der Waals surface area contributed by atoms with Gasteiger partial charge in [-0.3, -0.25) is 9.59 Å². The third kappa shape index (κ3) is 10.4. The minimum Gasteiger partial charge on any atom is -0.368 e. The fraction of sp³-hybridized carbons (Fsp3) is 0.641. The number of hydrogen-bond acceptors (Lipinski definition) is 6. The second-order valence-electron chi connectivity index (χ2n) is 13.7. The Hall–Kier alpha value is -2.74. The number of ketones is 1. The highest BCUT2D eigenvalue weighted by molar-refractivity contribution is 6.07. The van der Waals surface area contributed by atoms with Gasteiger partial charge in [-0.2, -0.15) is 0 Å². The summed E-state index contributed by atoms with van der Waals surface area (Å²) in [4.78, 5) is 32.2. The summed E-state index contributed by atoms with van der Waals surface area (Å²) in [6, 6.07) is 16.2. The molecular weight excluding hydrogens is 570 g/mol. The Balaban J connectivity index is 1.48. The van der Waals surface area contributed by atoms with Crippen molar-refractivity contribution < 1.29 is 9.59 Å². The van der Waals surface area contributed by atoms with Crippen LogP contribution in [0, 0.1) is 5.92 Å².